The second kappa shape index (κ2) is 8.09. The van der Waals surface area contributed by atoms with Crippen LogP contribution in [0.1, 0.15) is 45.8 Å². The number of carbonyl (C=O) groups excluding carboxylic acids is 1. The molecule has 166 valence electrons. The van der Waals surface area contributed by atoms with Crippen LogP contribution in [-0.4, -0.2) is 27.5 Å². The van der Waals surface area contributed by atoms with Crippen LogP contribution in [0, 0.1) is 6.92 Å². The van der Waals surface area contributed by atoms with Crippen molar-refractivity contribution in [3.05, 3.63) is 99.2 Å². The van der Waals surface area contributed by atoms with Gasteiger partial charge in [-0.3, -0.25) is 14.6 Å². The van der Waals surface area contributed by atoms with Gasteiger partial charge < -0.3 is 19.2 Å². The summed E-state index contributed by atoms with van der Waals surface area (Å²) in [5.74, 6) is -0.0517. The Hall–Kier alpha value is -4.13. The largest absolute Gasteiger partial charge is 0.504 e. The summed E-state index contributed by atoms with van der Waals surface area (Å²) in [5, 5.41) is 10.6. The van der Waals surface area contributed by atoms with Gasteiger partial charge in [0.15, 0.2) is 16.9 Å². The van der Waals surface area contributed by atoms with Crippen LogP contribution >= 0.6 is 0 Å². The van der Waals surface area contributed by atoms with Crippen LogP contribution in [0.25, 0.3) is 11.0 Å². The summed E-state index contributed by atoms with van der Waals surface area (Å²) in [7, 11) is 0. The van der Waals surface area contributed by atoms with Crippen molar-refractivity contribution in [1.82, 2.24) is 9.88 Å². The lowest BCUT2D eigenvalue weighted by Gasteiger charge is -2.25. The first-order valence-corrected chi connectivity index (χ1v) is 10.7. The van der Waals surface area contributed by atoms with E-state index in [1.165, 1.54) is 6.07 Å². The van der Waals surface area contributed by atoms with Gasteiger partial charge in [0.25, 0.3) is 5.91 Å². The molecule has 7 heteroatoms. The van der Waals surface area contributed by atoms with E-state index in [1.807, 2.05) is 26.0 Å². The maximum Gasteiger partial charge on any atom is 0.291 e. The van der Waals surface area contributed by atoms with Crippen molar-refractivity contribution in [1.29, 1.82) is 0 Å². The van der Waals surface area contributed by atoms with E-state index in [0.717, 1.165) is 11.1 Å². The van der Waals surface area contributed by atoms with Crippen LogP contribution < -0.4 is 10.2 Å². The van der Waals surface area contributed by atoms with Crippen LogP contribution in [0.5, 0.6) is 11.5 Å². The van der Waals surface area contributed by atoms with Gasteiger partial charge in [-0.1, -0.05) is 23.8 Å². The Kier molecular flexibility index (Phi) is 5.09. The molecule has 0 fully saturated rings. The minimum Gasteiger partial charge on any atom is -0.504 e. The van der Waals surface area contributed by atoms with Gasteiger partial charge in [-0.05, 0) is 55.3 Å². The van der Waals surface area contributed by atoms with E-state index in [1.54, 1.807) is 47.6 Å². The van der Waals surface area contributed by atoms with Crippen molar-refractivity contribution in [2.45, 2.75) is 26.4 Å². The fraction of sp³-hybridized carbons (Fsp3) is 0.192. The number of phenolic OH excluding ortho intramolecular Hbond substituents is 1. The van der Waals surface area contributed by atoms with Crippen molar-refractivity contribution in [2.24, 2.45) is 0 Å². The number of hydrogen-bond acceptors (Lipinski definition) is 6. The molecule has 0 aliphatic carbocycles. The number of ether oxygens (including phenoxy) is 1. The fourth-order valence-corrected chi connectivity index (χ4v) is 4.30. The Balaban J connectivity index is 1.74. The number of aryl methyl sites for hydroxylation is 1. The lowest BCUT2D eigenvalue weighted by atomic mass is 9.97. The van der Waals surface area contributed by atoms with E-state index in [9.17, 15) is 14.7 Å². The Morgan fingerprint density at radius 2 is 2.00 bits per heavy atom. The number of aromatic hydroxyl groups is 1. The molecule has 7 nitrogen and oxygen atoms in total. The third-order valence-corrected chi connectivity index (χ3v) is 5.80. The zero-order valence-corrected chi connectivity index (χ0v) is 18.2. The summed E-state index contributed by atoms with van der Waals surface area (Å²) in [5.41, 5.74) is 2.81. The highest BCUT2D eigenvalue weighted by Gasteiger charge is 2.43. The predicted octanol–water partition coefficient (Wildman–Crippen LogP) is 4.35. The number of benzene rings is 2. The Morgan fingerprint density at radius 3 is 2.76 bits per heavy atom. The number of rotatable bonds is 5. The minimum atomic E-state index is -0.700. The van der Waals surface area contributed by atoms with Gasteiger partial charge >= 0.3 is 0 Å². The maximum absolute atomic E-state index is 13.6. The molecule has 0 saturated heterocycles. The molecule has 2 aromatic carbocycles. The van der Waals surface area contributed by atoms with Gasteiger partial charge in [0.1, 0.15) is 5.58 Å². The number of phenols is 1. The highest BCUT2D eigenvalue weighted by Crippen LogP contribution is 2.41. The molecule has 0 bridgehead atoms. The minimum absolute atomic E-state index is 0.00914. The van der Waals surface area contributed by atoms with E-state index in [2.05, 4.69) is 4.98 Å². The number of hydrogen-bond donors (Lipinski definition) is 1. The lowest BCUT2D eigenvalue weighted by molar-refractivity contribution is 0.0714. The quantitative estimate of drug-likeness (QED) is 0.494. The molecule has 3 heterocycles. The number of carbonyl (C=O) groups is 1. The first-order valence-electron chi connectivity index (χ1n) is 10.7. The molecule has 1 aliphatic heterocycles. The van der Waals surface area contributed by atoms with Crippen molar-refractivity contribution < 1.29 is 19.1 Å². The summed E-state index contributed by atoms with van der Waals surface area (Å²) in [6.45, 7) is 4.32. The van der Waals surface area contributed by atoms with Crippen LogP contribution in [0.3, 0.4) is 0 Å². The fourth-order valence-electron chi connectivity index (χ4n) is 4.30. The van der Waals surface area contributed by atoms with Crippen LogP contribution in [0.15, 0.2) is 70.1 Å². The Labute approximate surface area is 189 Å². The first-order chi connectivity index (χ1) is 16.0. The van der Waals surface area contributed by atoms with Gasteiger partial charge in [-0.15, -0.1) is 0 Å². The van der Waals surface area contributed by atoms with Gasteiger partial charge in [0.05, 0.1) is 23.6 Å². The molecule has 1 amide bonds. The smallest absolute Gasteiger partial charge is 0.291 e. The zero-order valence-electron chi connectivity index (χ0n) is 18.2. The molecule has 0 spiro atoms. The molecule has 1 unspecified atom stereocenters. The molecule has 0 saturated carbocycles. The highest BCUT2D eigenvalue weighted by molar-refractivity contribution is 5.99. The summed E-state index contributed by atoms with van der Waals surface area (Å²) in [6, 6.07) is 13.2. The number of aromatic nitrogens is 1. The van der Waals surface area contributed by atoms with Gasteiger partial charge in [0, 0.05) is 18.9 Å². The molecule has 0 radical (unpaired) electrons. The van der Waals surface area contributed by atoms with Crippen molar-refractivity contribution in [3.8, 4) is 11.5 Å². The topological polar surface area (TPSA) is 92.9 Å². The lowest BCUT2D eigenvalue weighted by Crippen LogP contribution is -2.29. The molecule has 1 atom stereocenters. The van der Waals surface area contributed by atoms with E-state index < -0.39 is 6.04 Å². The van der Waals surface area contributed by atoms with E-state index in [-0.39, 0.29) is 35.0 Å². The molecule has 2 aromatic heterocycles. The van der Waals surface area contributed by atoms with Crippen molar-refractivity contribution in [3.63, 3.8) is 0 Å². The van der Waals surface area contributed by atoms with E-state index in [0.29, 0.717) is 28.9 Å². The van der Waals surface area contributed by atoms with Crippen molar-refractivity contribution in [2.75, 3.05) is 6.61 Å². The van der Waals surface area contributed by atoms with Crippen LogP contribution in [-0.2, 0) is 6.54 Å². The molecule has 4 aromatic rings. The average Bonchev–Trinajstić information content (AvgIpc) is 3.08. The molecule has 5 rings (SSSR count). The summed E-state index contributed by atoms with van der Waals surface area (Å²) >= 11 is 0. The summed E-state index contributed by atoms with van der Waals surface area (Å²) < 4.78 is 11.5. The summed E-state index contributed by atoms with van der Waals surface area (Å²) in [6.07, 6.45) is 3.35. The zero-order chi connectivity index (χ0) is 23.1. The molecule has 33 heavy (non-hydrogen) atoms. The van der Waals surface area contributed by atoms with Crippen LogP contribution in [0.4, 0.5) is 0 Å². The SMILES string of the molecule is CCOc1cc(C2c3c(oc4ccc(C)cc4c3=O)C(=O)N2Cc2cccnc2)ccc1O. The average molecular weight is 442 g/mol. The number of amides is 1. The monoisotopic (exact) mass is 442 g/mol. The number of nitrogens with zero attached hydrogens (tertiary/aromatic N) is 2. The van der Waals surface area contributed by atoms with E-state index in [4.69, 9.17) is 9.15 Å². The molecular formula is C26H22N2O5. The standard InChI is InChI=1S/C26H22N2O5/c1-3-32-21-12-17(7-8-19(21)29)23-22-24(30)18-11-15(2)6-9-20(18)33-25(22)26(31)28(23)14-16-5-4-10-27-13-16/h4-13,23,29H,3,14H2,1-2H3. The van der Waals surface area contributed by atoms with Crippen LogP contribution in [0.2, 0.25) is 0 Å². The number of fused-ring (bicyclic) bond motifs is 2. The third-order valence-electron chi connectivity index (χ3n) is 5.80. The third kappa shape index (κ3) is 3.51. The second-order valence-electron chi connectivity index (χ2n) is 8.03. The molecular weight excluding hydrogens is 420 g/mol. The second-order valence-corrected chi connectivity index (χ2v) is 8.03. The Morgan fingerprint density at radius 1 is 1.15 bits per heavy atom. The number of pyridine rings is 1. The predicted molar refractivity (Wildman–Crippen MR) is 122 cm³/mol. The maximum atomic E-state index is 13.6. The molecule has 1 N–H and O–H groups in total. The van der Waals surface area contributed by atoms with E-state index >= 15 is 0 Å². The highest BCUT2D eigenvalue weighted by atomic mass is 16.5. The molecule has 1 aliphatic rings. The van der Waals surface area contributed by atoms with Gasteiger partial charge in [-0.2, -0.15) is 0 Å². The first kappa shape index (κ1) is 20.8. The van der Waals surface area contributed by atoms with Crippen molar-refractivity contribution >= 4 is 16.9 Å². The van der Waals surface area contributed by atoms with Gasteiger partial charge in [-0.25, -0.2) is 0 Å². The summed E-state index contributed by atoms with van der Waals surface area (Å²) in [4.78, 5) is 32.9. The Bertz CT molecular complexity index is 1430. The normalized spacial score (nSPS) is 15.2. The van der Waals surface area contributed by atoms with Gasteiger partial charge in [0.2, 0.25) is 5.76 Å².